The van der Waals surface area contributed by atoms with Crippen LogP contribution in [0.4, 0.5) is 0 Å². The van der Waals surface area contributed by atoms with E-state index in [0.29, 0.717) is 0 Å². The predicted molar refractivity (Wildman–Crippen MR) is 89.1 cm³/mol. The quantitative estimate of drug-likeness (QED) is 0.137. The molecule has 0 bridgehead atoms. The summed E-state index contributed by atoms with van der Waals surface area (Å²) in [6.07, 6.45) is -11.4. The molecule has 0 aromatic rings. The highest BCUT2D eigenvalue weighted by Gasteiger charge is 2.29. The number of carbonyl (C=O) groups excluding carboxylic acids is 3. The van der Waals surface area contributed by atoms with Crippen molar-refractivity contribution in [3.63, 3.8) is 0 Å². The van der Waals surface area contributed by atoms with Crippen molar-refractivity contribution >= 4 is 18.4 Å². The third-order valence-electron chi connectivity index (χ3n) is 2.90. The monoisotopic (exact) mass is 452 g/mol. The molecule has 0 aliphatic heterocycles. The molecule has 0 spiro atoms. The van der Waals surface area contributed by atoms with Crippen molar-refractivity contribution in [3.05, 3.63) is 0 Å². The molecule has 0 saturated heterocycles. The van der Waals surface area contributed by atoms with Gasteiger partial charge in [-0.05, 0) is 0 Å². The van der Waals surface area contributed by atoms with Crippen molar-refractivity contribution in [3.8, 4) is 0 Å². The van der Waals surface area contributed by atoms with Gasteiger partial charge in [0.25, 0.3) is 6.47 Å². The van der Waals surface area contributed by atoms with Gasteiger partial charge in [-0.3, -0.25) is 9.59 Å². The lowest BCUT2D eigenvalue weighted by atomic mass is 10.0. The Balaban J connectivity index is -0.000000178. The molecular weight excluding hydrogens is 424 g/mol. The number of carboxylic acid groups (broad SMARTS) is 1. The zero-order valence-corrected chi connectivity index (χ0v) is 15.4. The third kappa shape index (κ3) is 18.1. The molecule has 16 nitrogen and oxygen atoms in total. The van der Waals surface area contributed by atoms with E-state index in [-0.39, 0.29) is 12.6 Å². The molecule has 0 heterocycles. The van der Waals surface area contributed by atoms with Crippen LogP contribution < -0.4 is 0 Å². The minimum atomic E-state index is -1.86. The molecule has 0 aliphatic rings. The van der Waals surface area contributed by atoms with Gasteiger partial charge >= 0.3 is 6.15 Å². The Morgan fingerprint density at radius 1 is 0.700 bits per heavy atom. The maximum Gasteiger partial charge on any atom is 0.373 e. The first kappa shape index (κ1) is 35.5. The first-order valence-corrected chi connectivity index (χ1v) is 7.71. The predicted octanol–water partition coefficient (Wildman–Crippen LogP) is -7.85. The summed E-state index contributed by atoms with van der Waals surface area (Å²) in [4.78, 5) is 35.1. The largest absolute Gasteiger partial charge is 0.483 e. The molecular formula is C14H28O16. The molecule has 0 radical (unpaired) electrons. The van der Waals surface area contributed by atoms with Gasteiger partial charge in [-0.2, -0.15) is 9.59 Å². The van der Waals surface area contributed by atoms with E-state index in [9.17, 15) is 4.79 Å². The Bertz CT molecular complexity index is 426. The van der Waals surface area contributed by atoms with Crippen LogP contribution in [0.25, 0.3) is 0 Å². The average molecular weight is 452 g/mol. The number of hydrogen-bond acceptors (Lipinski definition) is 15. The minimum Gasteiger partial charge on any atom is -0.483 e. The SMILES string of the molecule is O=C(CO)[C@@H](O)[C@H](O)[C@H](O)CO.O=C=O.O=CO.OC[C@@H](O)[C@@H](O)[C@H](O)[C@H](O)CO. The third-order valence-corrected chi connectivity index (χ3v) is 2.90. The molecule has 180 valence electrons. The van der Waals surface area contributed by atoms with E-state index in [2.05, 4.69) is 0 Å². The van der Waals surface area contributed by atoms with E-state index in [4.69, 9.17) is 75.7 Å². The smallest absolute Gasteiger partial charge is 0.373 e. The average Bonchev–Trinajstić information content (AvgIpc) is 2.75. The van der Waals surface area contributed by atoms with Gasteiger partial charge in [-0.1, -0.05) is 0 Å². The summed E-state index contributed by atoms with van der Waals surface area (Å²) in [5.41, 5.74) is 0. The molecule has 0 aromatic carbocycles. The van der Waals surface area contributed by atoms with Gasteiger partial charge in [0, 0.05) is 0 Å². The molecule has 30 heavy (non-hydrogen) atoms. The summed E-state index contributed by atoms with van der Waals surface area (Å²) in [5.74, 6) is -1.00. The highest BCUT2D eigenvalue weighted by molar-refractivity contribution is 5.84. The second-order valence-electron chi connectivity index (χ2n) is 4.98. The van der Waals surface area contributed by atoms with Crippen LogP contribution in [0, 0.1) is 0 Å². The number of Topliss-reactive ketones (excluding diaryl/α,β-unsaturated/α-hetero) is 1. The highest BCUT2D eigenvalue weighted by atomic mass is 16.4. The van der Waals surface area contributed by atoms with Gasteiger partial charge in [0.2, 0.25) is 0 Å². The topological polar surface area (TPSA) is 311 Å². The Morgan fingerprint density at radius 2 is 0.933 bits per heavy atom. The maximum absolute atomic E-state index is 10.5. The van der Waals surface area contributed by atoms with Crippen LogP contribution >= 0.6 is 0 Å². The zero-order chi connectivity index (χ0) is 24.9. The van der Waals surface area contributed by atoms with E-state index >= 15 is 0 Å². The van der Waals surface area contributed by atoms with Crippen molar-refractivity contribution in [2.24, 2.45) is 0 Å². The van der Waals surface area contributed by atoms with Crippen molar-refractivity contribution in [2.45, 2.75) is 42.7 Å². The van der Waals surface area contributed by atoms with Gasteiger partial charge in [0.1, 0.15) is 49.3 Å². The van der Waals surface area contributed by atoms with Gasteiger partial charge in [-0.25, -0.2) is 0 Å². The van der Waals surface area contributed by atoms with E-state index in [0.717, 1.165) is 0 Å². The number of aliphatic hydroxyl groups is 11. The molecule has 0 saturated carbocycles. The summed E-state index contributed by atoms with van der Waals surface area (Å²) in [6, 6.07) is 0. The molecule has 0 aromatic heterocycles. The molecule has 7 atom stereocenters. The molecule has 16 heteroatoms. The Labute approximate surface area is 169 Å². The Morgan fingerprint density at radius 3 is 1.13 bits per heavy atom. The van der Waals surface area contributed by atoms with Crippen LogP contribution in [0.3, 0.4) is 0 Å². The van der Waals surface area contributed by atoms with E-state index in [1.807, 2.05) is 0 Å². The van der Waals surface area contributed by atoms with Crippen molar-refractivity contribution in [2.75, 3.05) is 26.4 Å². The van der Waals surface area contributed by atoms with Crippen molar-refractivity contribution in [1.82, 2.24) is 0 Å². The second-order valence-corrected chi connectivity index (χ2v) is 4.98. The molecule has 0 rings (SSSR count). The first-order valence-electron chi connectivity index (χ1n) is 7.71. The number of aliphatic hydroxyl groups excluding tert-OH is 11. The minimum absolute atomic E-state index is 0.250. The Hall–Kier alpha value is -1.92. The van der Waals surface area contributed by atoms with Gasteiger partial charge in [-0.15, -0.1) is 0 Å². The highest BCUT2D eigenvalue weighted by Crippen LogP contribution is 2.04. The van der Waals surface area contributed by atoms with Crippen molar-refractivity contribution < 1.29 is 80.5 Å². The lowest BCUT2D eigenvalue weighted by Gasteiger charge is -2.24. The zero-order valence-electron chi connectivity index (χ0n) is 15.4. The normalized spacial score (nSPS) is 16.6. The fourth-order valence-corrected chi connectivity index (χ4v) is 1.27. The number of carbonyl (C=O) groups is 2. The van der Waals surface area contributed by atoms with Crippen molar-refractivity contribution in [1.29, 1.82) is 0 Å². The van der Waals surface area contributed by atoms with Gasteiger partial charge in [0.05, 0.1) is 19.8 Å². The summed E-state index contributed by atoms with van der Waals surface area (Å²) >= 11 is 0. The number of hydrogen-bond donors (Lipinski definition) is 12. The van der Waals surface area contributed by atoms with Gasteiger partial charge in [0.15, 0.2) is 5.78 Å². The van der Waals surface area contributed by atoms with Crippen LogP contribution in [-0.2, 0) is 19.2 Å². The summed E-state index contributed by atoms with van der Waals surface area (Å²) in [5, 5.41) is 102. The fraction of sp³-hybridized carbons (Fsp3) is 0.786. The van der Waals surface area contributed by atoms with E-state index < -0.39 is 74.9 Å². The standard InChI is InChI=1S/C6H14O6.C6H12O6.CH2O2.CO2/c2*7-1-3(9)5(11)6(12)4(10)2-8;2*2-1-3/h3-12H,1-2H2;3,5-9,11-12H,1-2H2;1H,(H,2,3);/t3-,4-,5-,6-;3-,5-,6-;;/m11../s1. The maximum atomic E-state index is 10.5. The van der Waals surface area contributed by atoms with Crippen LogP contribution in [0.15, 0.2) is 0 Å². The number of ketones is 1. The summed E-state index contributed by atoms with van der Waals surface area (Å²) < 4.78 is 0. The summed E-state index contributed by atoms with van der Waals surface area (Å²) in [6.45, 7) is -3.39. The molecule has 0 fully saturated rings. The molecule has 0 unspecified atom stereocenters. The summed E-state index contributed by atoms with van der Waals surface area (Å²) in [7, 11) is 0. The van der Waals surface area contributed by atoms with Gasteiger partial charge < -0.3 is 61.3 Å². The fourth-order valence-electron chi connectivity index (χ4n) is 1.27. The first-order chi connectivity index (χ1) is 13.9. The number of rotatable bonds is 10. The second kappa shape index (κ2) is 23.4. The lowest BCUT2D eigenvalue weighted by Crippen LogP contribution is -2.46. The lowest BCUT2D eigenvalue weighted by molar-refractivity contribution is -0.191. The molecule has 0 aliphatic carbocycles. The molecule has 0 amide bonds. The Kier molecular flexibility index (Phi) is 27.7. The van der Waals surface area contributed by atoms with E-state index in [1.54, 1.807) is 0 Å². The van der Waals surface area contributed by atoms with Crippen LogP contribution in [0.5, 0.6) is 0 Å². The van der Waals surface area contributed by atoms with Crippen LogP contribution in [0.1, 0.15) is 0 Å². The van der Waals surface area contributed by atoms with Crippen LogP contribution in [-0.4, -0.2) is 149 Å². The molecule has 12 N–H and O–H groups in total. The van der Waals surface area contributed by atoms with E-state index in [1.165, 1.54) is 0 Å². The van der Waals surface area contributed by atoms with Crippen LogP contribution in [0.2, 0.25) is 0 Å².